The molecule has 0 aliphatic heterocycles. The van der Waals surface area contributed by atoms with Gasteiger partial charge < -0.3 is 14.9 Å². The van der Waals surface area contributed by atoms with Crippen LogP contribution in [-0.2, 0) is 13.0 Å². The molecule has 2 aromatic heterocycles. The number of aromatic nitrogens is 3. The van der Waals surface area contributed by atoms with Gasteiger partial charge in [0.15, 0.2) is 5.78 Å². The van der Waals surface area contributed by atoms with E-state index in [4.69, 9.17) is 0 Å². The number of amides is 1. The minimum absolute atomic E-state index is 0.0711. The van der Waals surface area contributed by atoms with Crippen LogP contribution in [0.1, 0.15) is 39.2 Å². The molecule has 6 nitrogen and oxygen atoms in total. The van der Waals surface area contributed by atoms with Crippen LogP contribution in [-0.4, -0.2) is 32.8 Å². The zero-order chi connectivity index (χ0) is 17.6. The van der Waals surface area contributed by atoms with Crippen molar-refractivity contribution < 1.29 is 9.59 Å². The lowest BCUT2D eigenvalue weighted by molar-refractivity contribution is 0.0949. The van der Waals surface area contributed by atoms with Crippen LogP contribution < -0.4 is 5.32 Å². The summed E-state index contributed by atoms with van der Waals surface area (Å²) in [7, 11) is 0. The summed E-state index contributed by atoms with van der Waals surface area (Å²) < 4.78 is 2.07. The SMILES string of the molecule is CC(=O)c1c[nH]c(C(=O)NCCc2nccn2Cc2ccccc2)c1. The molecule has 1 aromatic carbocycles. The third kappa shape index (κ3) is 4.23. The van der Waals surface area contributed by atoms with Crippen molar-refractivity contribution in [2.45, 2.75) is 19.9 Å². The van der Waals surface area contributed by atoms with Crippen LogP contribution in [0.25, 0.3) is 0 Å². The number of hydrogen-bond donors (Lipinski definition) is 2. The van der Waals surface area contributed by atoms with Gasteiger partial charge in [-0.1, -0.05) is 30.3 Å². The standard InChI is InChI=1S/C19H20N4O2/c1-14(24)16-11-17(22-12-16)19(25)21-8-7-18-20-9-10-23(18)13-15-5-3-2-4-6-15/h2-6,9-12,22H,7-8,13H2,1H3,(H,21,25). The number of aromatic amines is 1. The average Bonchev–Trinajstić information content (AvgIpc) is 3.26. The number of nitrogens with zero attached hydrogens (tertiary/aromatic N) is 2. The fraction of sp³-hybridized carbons (Fsp3) is 0.211. The van der Waals surface area contributed by atoms with Crippen LogP contribution >= 0.6 is 0 Å². The van der Waals surface area contributed by atoms with Crippen molar-refractivity contribution in [1.82, 2.24) is 19.9 Å². The van der Waals surface area contributed by atoms with Gasteiger partial charge in [-0.15, -0.1) is 0 Å². The van der Waals surface area contributed by atoms with E-state index in [1.54, 1.807) is 18.5 Å². The molecule has 0 aliphatic carbocycles. The predicted molar refractivity (Wildman–Crippen MR) is 94.6 cm³/mol. The summed E-state index contributed by atoms with van der Waals surface area (Å²) in [5.41, 5.74) is 2.09. The molecule has 3 rings (SSSR count). The van der Waals surface area contributed by atoms with Crippen LogP contribution in [0.5, 0.6) is 0 Å². The molecule has 1 amide bonds. The van der Waals surface area contributed by atoms with Crippen molar-refractivity contribution >= 4 is 11.7 Å². The largest absolute Gasteiger partial charge is 0.356 e. The molecule has 25 heavy (non-hydrogen) atoms. The first-order valence-corrected chi connectivity index (χ1v) is 8.15. The third-order valence-corrected chi connectivity index (χ3v) is 3.97. The van der Waals surface area contributed by atoms with Gasteiger partial charge in [-0.05, 0) is 18.6 Å². The van der Waals surface area contributed by atoms with Gasteiger partial charge in [0.1, 0.15) is 11.5 Å². The van der Waals surface area contributed by atoms with Crippen LogP contribution in [0.3, 0.4) is 0 Å². The van der Waals surface area contributed by atoms with Gasteiger partial charge in [-0.3, -0.25) is 9.59 Å². The van der Waals surface area contributed by atoms with E-state index >= 15 is 0 Å². The molecule has 0 radical (unpaired) electrons. The average molecular weight is 336 g/mol. The molecule has 2 N–H and O–H groups in total. The third-order valence-electron chi connectivity index (χ3n) is 3.97. The number of rotatable bonds is 7. The summed E-state index contributed by atoms with van der Waals surface area (Å²) >= 11 is 0. The summed E-state index contributed by atoms with van der Waals surface area (Å²) in [4.78, 5) is 30.6. The van der Waals surface area contributed by atoms with Crippen molar-refractivity contribution in [3.8, 4) is 0 Å². The van der Waals surface area contributed by atoms with Gasteiger partial charge in [-0.2, -0.15) is 0 Å². The molecule has 2 heterocycles. The van der Waals surface area contributed by atoms with Crippen molar-refractivity contribution in [3.63, 3.8) is 0 Å². The maximum absolute atomic E-state index is 12.1. The van der Waals surface area contributed by atoms with Gasteiger partial charge in [-0.25, -0.2) is 4.98 Å². The van der Waals surface area contributed by atoms with E-state index in [-0.39, 0.29) is 11.7 Å². The molecule has 0 spiro atoms. The quantitative estimate of drug-likeness (QED) is 0.650. The number of nitrogens with one attached hydrogen (secondary N) is 2. The van der Waals surface area contributed by atoms with Crippen molar-refractivity contribution in [2.75, 3.05) is 6.54 Å². The molecule has 0 atom stereocenters. The summed E-state index contributed by atoms with van der Waals surface area (Å²) in [5.74, 6) is 0.618. The van der Waals surface area contributed by atoms with Crippen molar-refractivity contribution in [3.05, 3.63) is 77.6 Å². The fourth-order valence-corrected chi connectivity index (χ4v) is 2.60. The number of hydrogen-bond acceptors (Lipinski definition) is 3. The van der Waals surface area contributed by atoms with Gasteiger partial charge in [0.2, 0.25) is 0 Å². The van der Waals surface area contributed by atoms with Crippen LogP contribution in [0.15, 0.2) is 55.0 Å². The topological polar surface area (TPSA) is 79.8 Å². The number of ketones is 1. The van der Waals surface area contributed by atoms with Gasteiger partial charge in [0.05, 0.1) is 0 Å². The Balaban J connectivity index is 1.54. The number of H-pyrrole nitrogens is 1. The van der Waals surface area contributed by atoms with E-state index in [9.17, 15) is 9.59 Å². The molecule has 3 aromatic rings. The molecule has 6 heteroatoms. The Morgan fingerprint density at radius 2 is 2.04 bits per heavy atom. The number of Topliss-reactive ketones (excluding diaryl/α,β-unsaturated/α-hetero) is 1. The van der Waals surface area contributed by atoms with E-state index in [1.165, 1.54) is 12.5 Å². The van der Waals surface area contributed by atoms with Gasteiger partial charge >= 0.3 is 0 Å². The normalized spacial score (nSPS) is 10.6. The van der Waals surface area contributed by atoms with Crippen LogP contribution in [0, 0.1) is 0 Å². The fourth-order valence-electron chi connectivity index (χ4n) is 2.60. The summed E-state index contributed by atoms with van der Waals surface area (Å²) in [6.07, 6.45) is 5.88. The van der Waals surface area contributed by atoms with E-state index in [0.29, 0.717) is 24.2 Å². The second-order valence-electron chi connectivity index (χ2n) is 5.82. The Bertz CT molecular complexity index is 864. The Morgan fingerprint density at radius 1 is 1.24 bits per heavy atom. The lowest BCUT2D eigenvalue weighted by atomic mass is 10.2. The van der Waals surface area contributed by atoms with Gasteiger partial charge in [0.25, 0.3) is 5.91 Å². The molecule has 0 bridgehead atoms. The highest BCUT2D eigenvalue weighted by molar-refractivity contribution is 5.99. The lowest BCUT2D eigenvalue weighted by Crippen LogP contribution is -2.26. The van der Waals surface area contributed by atoms with E-state index in [2.05, 4.69) is 32.0 Å². The molecular formula is C19H20N4O2. The molecular weight excluding hydrogens is 316 g/mol. The highest BCUT2D eigenvalue weighted by Crippen LogP contribution is 2.07. The zero-order valence-corrected chi connectivity index (χ0v) is 14.0. The molecule has 0 aliphatic rings. The smallest absolute Gasteiger partial charge is 0.267 e. The van der Waals surface area contributed by atoms with Gasteiger partial charge in [0, 0.05) is 43.7 Å². The summed E-state index contributed by atoms with van der Waals surface area (Å²) in [6, 6.07) is 11.7. The number of carbonyl (C=O) groups is 2. The highest BCUT2D eigenvalue weighted by atomic mass is 16.2. The summed E-state index contributed by atoms with van der Waals surface area (Å²) in [5, 5.41) is 2.85. The Kier molecular flexibility index (Phi) is 5.09. The second-order valence-corrected chi connectivity index (χ2v) is 5.82. The van der Waals surface area contributed by atoms with E-state index in [0.717, 1.165) is 12.4 Å². The molecule has 128 valence electrons. The summed E-state index contributed by atoms with van der Waals surface area (Å²) in [6.45, 7) is 2.69. The highest BCUT2D eigenvalue weighted by Gasteiger charge is 2.11. The van der Waals surface area contributed by atoms with Crippen LogP contribution in [0.2, 0.25) is 0 Å². The first-order valence-electron chi connectivity index (χ1n) is 8.15. The minimum Gasteiger partial charge on any atom is -0.356 e. The Labute approximate surface area is 145 Å². The lowest BCUT2D eigenvalue weighted by Gasteiger charge is -2.08. The minimum atomic E-state index is -0.228. The van der Waals surface area contributed by atoms with Crippen molar-refractivity contribution in [2.24, 2.45) is 0 Å². The molecule has 0 saturated heterocycles. The molecule has 0 saturated carbocycles. The maximum atomic E-state index is 12.1. The van der Waals surface area contributed by atoms with Crippen molar-refractivity contribution in [1.29, 1.82) is 0 Å². The first kappa shape index (κ1) is 16.7. The zero-order valence-electron chi connectivity index (χ0n) is 14.0. The predicted octanol–water partition coefficient (Wildman–Crippen LogP) is 2.43. The second kappa shape index (κ2) is 7.61. The van der Waals surface area contributed by atoms with Crippen LogP contribution in [0.4, 0.5) is 0 Å². The number of imidazole rings is 1. The van der Waals surface area contributed by atoms with E-state index < -0.39 is 0 Å². The molecule has 0 unspecified atom stereocenters. The monoisotopic (exact) mass is 336 g/mol. The Morgan fingerprint density at radius 3 is 2.76 bits per heavy atom. The number of benzene rings is 1. The molecule has 0 fully saturated rings. The van der Waals surface area contributed by atoms with E-state index in [1.807, 2.05) is 24.4 Å². The number of carbonyl (C=O) groups excluding carboxylic acids is 2. The maximum Gasteiger partial charge on any atom is 0.267 e. The Hall–Kier alpha value is -3.15. The first-order chi connectivity index (χ1) is 12.1.